The highest BCUT2D eigenvalue weighted by atomic mass is 16.1. The van der Waals surface area contributed by atoms with Gasteiger partial charge in [0.1, 0.15) is 5.69 Å². The third kappa shape index (κ3) is 2.22. The lowest BCUT2D eigenvalue weighted by Crippen LogP contribution is -2.23. The maximum absolute atomic E-state index is 12.3. The van der Waals surface area contributed by atoms with E-state index in [1.165, 1.54) is 6.42 Å². The number of hydrogen-bond donors (Lipinski definition) is 1. The number of benzene rings is 1. The van der Waals surface area contributed by atoms with Crippen molar-refractivity contribution in [2.24, 2.45) is 0 Å². The van der Waals surface area contributed by atoms with Crippen molar-refractivity contribution in [3.05, 3.63) is 47.3 Å². The molecule has 0 fully saturated rings. The molecule has 0 spiro atoms. The first-order valence-electron chi connectivity index (χ1n) is 7.19. The van der Waals surface area contributed by atoms with Gasteiger partial charge >= 0.3 is 0 Å². The maximum Gasteiger partial charge on any atom is 0.270 e. The molecule has 2 aromatic rings. The van der Waals surface area contributed by atoms with Gasteiger partial charge in [0.2, 0.25) is 0 Å². The Balaban J connectivity index is 2.16. The van der Waals surface area contributed by atoms with Crippen LogP contribution in [0.4, 0.5) is 0 Å². The van der Waals surface area contributed by atoms with Crippen LogP contribution in [0.5, 0.6) is 0 Å². The minimum atomic E-state index is -0.0514. The quantitative estimate of drug-likeness (QED) is 0.851. The Morgan fingerprint density at radius 1 is 1.15 bits per heavy atom. The number of nitrogens with one attached hydrogen (secondary N) is 1. The standard InChI is InChI=1S/C16H19N3O/c1-17-16(20)15-13-10-6-3-7-11-14(13)18-19(15)12-8-4-2-5-9-12/h2,4-5,8-9H,3,6-7,10-11H2,1H3,(H,17,20). The number of rotatable bonds is 2. The summed E-state index contributed by atoms with van der Waals surface area (Å²) in [7, 11) is 1.67. The second-order valence-electron chi connectivity index (χ2n) is 5.16. The van der Waals surface area contributed by atoms with Crippen molar-refractivity contribution >= 4 is 5.91 Å². The number of hydrogen-bond acceptors (Lipinski definition) is 2. The van der Waals surface area contributed by atoms with E-state index in [2.05, 4.69) is 5.32 Å². The van der Waals surface area contributed by atoms with Gasteiger partial charge < -0.3 is 5.32 Å². The summed E-state index contributed by atoms with van der Waals surface area (Å²) in [4.78, 5) is 12.3. The van der Waals surface area contributed by atoms with E-state index in [1.807, 2.05) is 30.3 Å². The highest BCUT2D eigenvalue weighted by Gasteiger charge is 2.24. The first-order valence-corrected chi connectivity index (χ1v) is 7.19. The van der Waals surface area contributed by atoms with Crippen LogP contribution >= 0.6 is 0 Å². The van der Waals surface area contributed by atoms with Crippen molar-refractivity contribution in [1.82, 2.24) is 15.1 Å². The molecule has 1 aromatic carbocycles. The van der Waals surface area contributed by atoms with Crippen LogP contribution in [0.15, 0.2) is 30.3 Å². The number of carbonyl (C=O) groups is 1. The van der Waals surface area contributed by atoms with Crippen LogP contribution in [-0.2, 0) is 12.8 Å². The van der Waals surface area contributed by atoms with Gasteiger partial charge in [0, 0.05) is 12.6 Å². The number of aryl methyl sites for hydroxylation is 1. The maximum atomic E-state index is 12.3. The minimum absolute atomic E-state index is 0.0514. The predicted molar refractivity (Wildman–Crippen MR) is 78.2 cm³/mol. The number of fused-ring (bicyclic) bond motifs is 1. The summed E-state index contributed by atoms with van der Waals surface area (Å²) in [6, 6.07) is 9.88. The molecule has 0 aliphatic heterocycles. The van der Waals surface area contributed by atoms with E-state index in [0.717, 1.165) is 42.6 Å². The van der Waals surface area contributed by atoms with Crippen molar-refractivity contribution in [2.45, 2.75) is 32.1 Å². The Labute approximate surface area is 118 Å². The molecule has 4 heteroatoms. The molecule has 104 valence electrons. The smallest absolute Gasteiger partial charge is 0.270 e. The van der Waals surface area contributed by atoms with Gasteiger partial charge in [0.25, 0.3) is 5.91 Å². The highest BCUT2D eigenvalue weighted by Crippen LogP contribution is 2.25. The number of para-hydroxylation sites is 1. The van der Waals surface area contributed by atoms with E-state index in [0.29, 0.717) is 5.69 Å². The van der Waals surface area contributed by atoms with Crippen LogP contribution in [0.25, 0.3) is 5.69 Å². The van der Waals surface area contributed by atoms with Gasteiger partial charge in [-0.2, -0.15) is 5.10 Å². The zero-order valence-corrected chi connectivity index (χ0v) is 11.7. The van der Waals surface area contributed by atoms with Gasteiger partial charge in [0.15, 0.2) is 0 Å². The zero-order valence-electron chi connectivity index (χ0n) is 11.7. The third-order valence-corrected chi connectivity index (χ3v) is 3.85. The van der Waals surface area contributed by atoms with Crippen LogP contribution in [0.3, 0.4) is 0 Å². The first-order chi connectivity index (χ1) is 9.81. The van der Waals surface area contributed by atoms with E-state index >= 15 is 0 Å². The van der Waals surface area contributed by atoms with Gasteiger partial charge in [-0.25, -0.2) is 4.68 Å². The monoisotopic (exact) mass is 269 g/mol. The van der Waals surface area contributed by atoms with E-state index in [1.54, 1.807) is 11.7 Å². The highest BCUT2D eigenvalue weighted by molar-refractivity contribution is 5.94. The lowest BCUT2D eigenvalue weighted by Gasteiger charge is -2.08. The molecule has 1 aliphatic rings. The fraction of sp³-hybridized carbons (Fsp3) is 0.375. The van der Waals surface area contributed by atoms with Gasteiger partial charge in [0.05, 0.1) is 11.4 Å². The van der Waals surface area contributed by atoms with Crippen LogP contribution < -0.4 is 5.32 Å². The van der Waals surface area contributed by atoms with Crippen molar-refractivity contribution in [3.63, 3.8) is 0 Å². The number of aromatic nitrogens is 2. The SMILES string of the molecule is CNC(=O)c1c2c(nn1-c1ccccc1)CCCCC2. The van der Waals surface area contributed by atoms with Crippen LogP contribution in [0.1, 0.15) is 41.0 Å². The second kappa shape index (κ2) is 5.49. The van der Waals surface area contributed by atoms with E-state index in [-0.39, 0.29) is 5.91 Å². The summed E-state index contributed by atoms with van der Waals surface area (Å²) in [5.74, 6) is -0.0514. The molecule has 0 bridgehead atoms. The largest absolute Gasteiger partial charge is 0.354 e. The summed E-state index contributed by atoms with van der Waals surface area (Å²) < 4.78 is 1.80. The summed E-state index contributed by atoms with van der Waals surface area (Å²) in [5.41, 5.74) is 3.87. The molecule has 0 atom stereocenters. The molecule has 0 saturated heterocycles. The molecule has 20 heavy (non-hydrogen) atoms. The summed E-state index contributed by atoms with van der Waals surface area (Å²) in [6.45, 7) is 0. The van der Waals surface area contributed by atoms with Crippen LogP contribution in [0, 0.1) is 0 Å². The molecule has 1 aromatic heterocycles. The fourth-order valence-corrected chi connectivity index (χ4v) is 2.84. The molecule has 1 heterocycles. The number of nitrogens with zero attached hydrogens (tertiary/aromatic N) is 2. The van der Waals surface area contributed by atoms with E-state index in [9.17, 15) is 4.79 Å². The Kier molecular flexibility index (Phi) is 3.54. The van der Waals surface area contributed by atoms with Crippen molar-refractivity contribution in [3.8, 4) is 5.69 Å². The molecule has 1 aliphatic carbocycles. The summed E-state index contributed by atoms with van der Waals surface area (Å²) in [5, 5.41) is 7.45. The van der Waals surface area contributed by atoms with E-state index in [4.69, 9.17) is 5.10 Å². The lowest BCUT2D eigenvalue weighted by atomic mass is 10.1. The minimum Gasteiger partial charge on any atom is -0.354 e. The number of carbonyl (C=O) groups excluding carboxylic acids is 1. The molecular formula is C16H19N3O. The first kappa shape index (κ1) is 12.9. The second-order valence-corrected chi connectivity index (χ2v) is 5.16. The lowest BCUT2D eigenvalue weighted by molar-refractivity contribution is 0.0954. The van der Waals surface area contributed by atoms with Gasteiger partial charge in [-0.1, -0.05) is 24.6 Å². The molecule has 0 unspecified atom stereocenters. The van der Waals surface area contributed by atoms with E-state index < -0.39 is 0 Å². The molecule has 0 saturated carbocycles. The molecule has 3 rings (SSSR count). The third-order valence-electron chi connectivity index (χ3n) is 3.85. The molecule has 0 radical (unpaired) electrons. The Hall–Kier alpha value is -2.10. The fourth-order valence-electron chi connectivity index (χ4n) is 2.84. The molecular weight excluding hydrogens is 250 g/mol. The van der Waals surface area contributed by atoms with Crippen molar-refractivity contribution in [2.75, 3.05) is 7.05 Å². The van der Waals surface area contributed by atoms with Crippen LogP contribution in [0.2, 0.25) is 0 Å². The van der Waals surface area contributed by atoms with Crippen molar-refractivity contribution < 1.29 is 4.79 Å². The summed E-state index contributed by atoms with van der Waals surface area (Å²) in [6.07, 6.45) is 5.43. The Morgan fingerprint density at radius 3 is 2.65 bits per heavy atom. The normalized spacial score (nSPS) is 14.4. The Bertz CT molecular complexity index is 616. The van der Waals surface area contributed by atoms with Gasteiger partial charge in [-0.3, -0.25) is 4.79 Å². The predicted octanol–water partition coefficient (Wildman–Crippen LogP) is 2.50. The molecule has 1 N–H and O–H groups in total. The van der Waals surface area contributed by atoms with Crippen molar-refractivity contribution in [1.29, 1.82) is 0 Å². The average Bonchev–Trinajstić information content (AvgIpc) is 2.70. The topological polar surface area (TPSA) is 46.9 Å². The average molecular weight is 269 g/mol. The Morgan fingerprint density at radius 2 is 1.90 bits per heavy atom. The van der Waals surface area contributed by atoms with Gasteiger partial charge in [-0.05, 0) is 37.8 Å². The zero-order chi connectivity index (χ0) is 13.9. The molecule has 1 amide bonds. The number of amides is 1. The van der Waals surface area contributed by atoms with Crippen LogP contribution in [-0.4, -0.2) is 22.7 Å². The molecule has 4 nitrogen and oxygen atoms in total. The van der Waals surface area contributed by atoms with Gasteiger partial charge in [-0.15, -0.1) is 0 Å². The summed E-state index contributed by atoms with van der Waals surface area (Å²) >= 11 is 0.